The van der Waals surface area contributed by atoms with Crippen molar-refractivity contribution in [3.63, 3.8) is 0 Å². The van der Waals surface area contributed by atoms with E-state index in [0.717, 1.165) is 5.92 Å². The molecule has 0 N–H and O–H groups in total. The predicted octanol–water partition coefficient (Wildman–Crippen LogP) is 4.01. The van der Waals surface area contributed by atoms with E-state index in [1.165, 1.54) is 29.9 Å². The minimum absolute atomic E-state index is 0.830. The molecule has 0 spiro atoms. The first-order chi connectivity index (χ1) is 6.79. The quantitative estimate of drug-likeness (QED) is 0.637. The van der Waals surface area contributed by atoms with Crippen molar-refractivity contribution in [1.82, 2.24) is 0 Å². The topological polar surface area (TPSA) is 0 Å². The van der Waals surface area contributed by atoms with Gasteiger partial charge in [0.15, 0.2) is 0 Å². The largest absolute Gasteiger partial charge is 0.162 e. The highest BCUT2D eigenvalue weighted by atomic mass is 32.2. The number of aryl methyl sites for hydroxylation is 1. The monoisotopic (exact) mass is 208 g/mol. The van der Waals surface area contributed by atoms with Crippen LogP contribution in [0.5, 0.6) is 0 Å². The zero-order chi connectivity index (χ0) is 10.2. The SMILES string of the molecule is CC(C)CSCCCc1ccccc1. The Morgan fingerprint density at radius 1 is 1.14 bits per heavy atom. The van der Waals surface area contributed by atoms with E-state index in [1.807, 2.05) is 0 Å². The molecule has 1 aromatic carbocycles. The molecule has 0 nitrogen and oxygen atoms in total. The number of hydrogen-bond donors (Lipinski definition) is 0. The van der Waals surface area contributed by atoms with E-state index in [0.29, 0.717) is 0 Å². The van der Waals surface area contributed by atoms with Crippen LogP contribution in [0.25, 0.3) is 0 Å². The Bertz CT molecular complexity index is 228. The smallest absolute Gasteiger partial charge is 0.00444 e. The fraction of sp³-hybridized carbons (Fsp3) is 0.538. The predicted molar refractivity (Wildman–Crippen MR) is 66.9 cm³/mol. The maximum absolute atomic E-state index is 2.28. The molecule has 0 unspecified atom stereocenters. The third-order valence-corrected chi connectivity index (χ3v) is 3.53. The third kappa shape index (κ3) is 5.33. The Morgan fingerprint density at radius 2 is 1.86 bits per heavy atom. The molecule has 0 saturated heterocycles. The van der Waals surface area contributed by atoms with Gasteiger partial charge in [-0.2, -0.15) is 11.8 Å². The van der Waals surface area contributed by atoms with Gasteiger partial charge in [-0.25, -0.2) is 0 Å². The van der Waals surface area contributed by atoms with Crippen LogP contribution in [0.2, 0.25) is 0 Å². The summed E-state index contributed by atoms with van der Waals surface area (Å²) >= 11 is 2.08. The molecule has 78 valence electrons. The van der Waals surface area contributed by atoms with Gasteiger partial charge in [-0.1, -0.05) is 44.2 Å². The first kappa shape index (κ1) is 11.6. The van der Waals surface area contributed by atoms with E-state index in [4.69, 9.17) is 0 Å². The van der Waals surface area contributed by atoms with Gasteiger partial charge >= 0.3 is 0 Å². The minimum atomic E-state index is 0.830. The van der Waals surface area contributed by atoms with Crippen molar-refractivity contribution in [3.8, 4) is 0 Å². The Hall–Kier alpha value is -0.430. The molecular weight excluding hydrogens is 188 g/mol. The van der Waals surface area contributed by atoms with Gasteiger partial charge in [-0.3, -0.25) is 0 Å². The lowest BCUT2D eigenvalue weighted by atomic mass is 10.1. The molecule has 0 amide bonds. The fourth-order valence-electron chi connectivity index (χ4n) is 1.34. The Morgan fingerprint density at radius 3 is 2.50 bits per heavy atom. The number of benzene rings is 1. The number of hydrogen-bond acceptors (Lipinski definition) is 1. The van der Waals surface area contributed by atoms with Crippen LogP contribution in [0.15, 0.2) is 30.3 Å². The van der Waals surface area contributed by atoms with Gasteiger partial charge < -0.3 is 0 Å². The summed E-state index contributed by atoms with van der Waals surface area (Å²) in [6.07, 6.45) is 2.54. The van der Waals surface area contributed by atoms with E-state index in [1.54, 1.807) is 0 Å². The number of rotatable bonds is 6. The zero-order valence-corrected chi connectivity index (χ0v) is 10.0. The Labute approximate surface area is 92.1 Å². The summed E-state index contributed by atoms with van der Waals surface area (Å²) in [4.78, 5) is 0. The van der Waals surface area contributed by atoms with Gasteiger partial charge in [-0.15, -0.1) is 0 Å². The van der Waals surface area contributed by atoms with E-state index in [2.05, 4.69) is 55.9 Å². The molecule has 0 aromatic heterocycles. The highest BCUT2D eigenvalue weighted by Crippen LogP contribution is 2.11. The van der Waals surface area contributed by atoms with Gasteiger partial charge in [0.2, 0.25) is 0 Å². The minimum Gasteiger partial charge on any atom is -0.162 e. The van der Waals surface area contributed by atoms with Crippen LogP contribution in [0.3, 0.4) is 0 Å². The van der Waals surface area contributed by atoms with Gasteiger partial charge in [0, 0.05) is 0 Å². The van der Waals surface area contributed by atoms with E-state index in [-0.39, 0.29) is 0 Å². The second kappa shape index (κ2) is 6.94. The summed E-state index contributed by atoms with van der Waals surface area (Å²) in [5.41, 5.74) is 1.47. The zero-order valence-electron chi connectivity index (χ0n) is 9.20. The average molecular weight is 208 g/mol. The second-order valence-corrected chi connectivity index (χ2v) is 5.21. The summed E-state index contributed by atoms with van der Waals surface area (Å²) in [5, 5.41) is 0. The lowest BCUT2D eigenvalue weighted by Gasteiger charge is -2.04. The van der Waals surface area contributed by atoms with E-state index < -0.39 is 0 Å². The molecule has 1 heteroatoms. The molecule has 0 aliphatic carbocycles. The molecule has 0 bridgehead atoms. The normalized spacial score (nSPS) is 10.8. The van der Waals surface area contributed by atoms with Crippen molar-refractivity contribution < 1.29 is 0 Å². The first-order valence-corrected chi connectivity index (χ1v) is 6.56. The summed E-state index contributed by atoms with van der Waals surface area (Å²) in [6.45, 7) is 4.56. The van der Waals surface area contributed by atoms with Crippen LogP contribution >= 0.6 is 11.8 Å². The van der Waals surface area contributed by atoms with Crippen molar-refractivity contribution in [2.24, 2.45) is 5.92 Å². The summed E-state index contributed by atoms with van der Waals surface area (Å²) < 4.78 is 0. The molecule has 1 aromatic rings. The Kier molecular flexibility index (Phi) is 5.77. The van der Waals surface area contributed by atoms with Crippen LogP contribution in [-0.2, 0) is 6.42 Å². The molecule has 0 aliphatic heterocycles. The molecule has 0 aliphatic rings. The van der Waals surface area contributed by atoms with Gasteiger partial charge in [0.1, 0.15) is 0 Å². The summed E-state index contributed by atoms with van der Waals surface area (Å²) in [7, 11) is 0. The van der Waals surface area contributed by atoms with Gasteiger partial charge in [0.05, 0.1) is 0 Å². The van der Waals surface area contributed by atoms with Crippen molar-refractivity contribution in [3.05, 3.63) is 35.9 Å². The van der Waals surface area contributed by atoms with Crippen LogP contribution in [0, 0.1) is 5.92 Å². The van der Waals surface area contributed by atoms with Crippen molar-refractivity contribution >= 4 is 11.8 Å². The molecule has 14 heavy (non-hydrogen) atoms. The van der Waals surface area contributed by atoms with Crippen LogP contribution < -0.4 is 0 Å². The average Bonchev–Trinajstić information content (AvgIpc) is 2.18. The highest BCUT2D eigenvalue weighted by Gasteiger charge is 1.95. The second-order valence-electron chi connectivity index (χ2n) is 4.06. The molecule has 0 atom stereocenters. The Balaban J connectivity index is 2.05. The van der Waals surface area contributed by atoms with Crippen molar-refractivity contribution in [2.75, 3.05) is 11.5 Å². The molecule has 0 fully saturated rings. The lowest BCUT2D eigenvalue weighted by Crippen LogP contribution is -1.93. The molecule has 0 saturated carbocycles. The van der Waals surface area contributed by atoms with Gasteiger partial charge in [0.25, 0.3) is 0 Å². The van der Waals surface area contributed by atoms with Gasteiger partial charge in [-0.05, 0) is 35.8 Å². The molecular formula is C13H20S. The third-order valence-electron chi connectivity index (χ3n) is 2.05. The first-order valence-electron chi connectivity index (χ1n) is 5.40. The standard InChI is InChI=1S/C13H20S/c1-12(2)11-14-10-6-9-13-7-4-3-5-8-13/h3-5,7-8,12H,6,9-11H2,1-2H3. The molecule has 1 rings (SSSR count). The highest BCUT2D eigenvalue weighted by molar-refractivity contribution is 7.99. The lowest BCUT2D eigenvalue weighted by molar-refractivity contribution is 0.749. The van der Waals surface area contributed by atoms with E-state index >= 15 is 0 Å². The number of thioether (sulfide) groups is 1. The van der Waals surface area contributed by atoms with E-state index in [9.17, 15) is 0 Å². The van der Waals surface area contributed by atoms with Crippen molar-refractivity contribution in [1.29, 1.82) is 0 Å². The summed E-state index contributed by atoms with van der Waals surface area (Å²) in [6, 6.07) is 10.8. The fourth-order valence-corrected chi connectivity index (χ4v) is 2.33. The molecule has 0 radical (unpaired) electrons. The molecule has 0 heterocycles. The van der Waals surface area contributed by atoms with Crippen LogP contribution in [0.1, 0.15) is 25.8 Å². The van der Waals surface area contributed by atoms with Crippen LogP contribution in [-0.4, -0.2) is 11.5 Å². The maximum Gasteiger partial charge on any atom is -0.00444 e. The summed E-state index contributed by atoms with van der Waals surface area (Å²) in [5.74, 6) is 3.43. The maximum atomic E-state index is 2.28. The van der Waals surface area contributed by atoms with Crippen molar-refractivity contribution in [2.45, 2.75) is 26.7 Å². The van der Waals surface area contributed by atoms with Crippen LogP contribution in [0.4, 0.5) is 0 Å².